The van der Waals surface area contributed by atoms with Gasteiger partial charge in [0.1, 0.15) is 24.4 Å². The summed E-state index contributed by atoms with van der Waals surface area (Å²) in [5.41, 5.74) is 3.02. The molecule has 0 bridgehead atoms. The average molecular weight is 380 g/mol. The molecule has 2 aromatic carbocycles. The van der Waals surface area contributed by atoms with Gasteiger partial charge in [-0.05, 0) is 24.3 Å². The number of para-hydroxylation sites is 2. The van der Waals surface area contributed by atoms with Gasteiger partial charge in [0, 0.05) is 0 Å². The quantitative estimate of drug-likeness (QED) is 0.317. The summed E-state index contributed by atoms with van der Waals surface area (Å²) in [5, 5.41) is 24.7. The van der Waals surface area contributed by atoms with Gasteiger partial charge in [-0.25, -0.2) is 19.4 Å². The number of nitroso groups, excluding NO2 is 2. The van der Waals surface area contributed by atoms with Gasteiger partial charge in [0.05, 0.1) is 34.7 Å². The molecule has 12 nitrogen and oxygen atoms in total. The van der Waals surface area contributed by atoms with Gasteiger partial charge in [-0.3, -0.25) is 0 Å². The van der Waals surface area contributed by atoms with Gasteiger partial charge in [-0.2, -0.15) is 0 Å². The molecule has 12 heteroatoms. The molecule has 0 aliphatic carbocycles. The number of fused-ring (bicyclic) bond motifs is 2. The SMILES string of the molecule is O=NN(CCN(Cn1nnc2ccccc21)N=O)Cn1nnc2ccccc21. The van der Waals surface area contributed by atoms with Crippen LogP contribution in [0.25, 0.3) is 22.1 Å². The maximum Gasteiger partial charge on any atom is 0.134 e. The van der Waals surface area contributed by atoms with Crippen molar-refractivity contribution in [3.8, 4) is 0 Å². The van der Waals surface area contributed by atoms with E-state index in [-0.39, 0.29) is 26.4 Å². The number of aromatic nitrogens is 6. The van der Waals surface area contributed by atoms with Crippen molar-refractivity contribution in [1.29, 1.82) is 0 Å². The van der Waals surface area contributed by atoms with Crippen molar-refractivity contribution in [2.24, 2.45) is 10.6 Å². The Bertz CT molecular complexity index is 1020. The van der Waals surface area contributed by atoms with Crippen molar-refractivity contribution in [1.82, 2.24) is 40.0 Å². The number of hydrogen-bond acceptors (Lipinski definition) is 8. The number of benzene rings is 2. The van der Waals surface area contributed by atoms with Crippen molar-refractivity contribution in [2.75, 3.05) is 13.1 Å². The molecule has 0 saturated heterocycles. The predicted octanol–water partition coefficient (Wildman–Crippen LogP) is 1.76. The van der Waals surface area contributed by atoms with Crippen molar-refractivity contribution in [3.63, 3.8) is 0 Å². The van der Waals surface area contributed by atoms with Crippen LogP contribution in [-0.4, -0.2) is 53.1 Å². The highest BCUT2D eigenvalue weighted by molar-refractivity contribution is 5.74. The molecule has 0 N–H and O–H groups in total. The summed E-state index contributed by atoms with van der Waals surface area (Å²) in [7, 11) is 0. The van der Waals surface area contributed by atoms with Crippen molar-refractivity contribution < 1.29 is 0 Å². The molecule has 0 spiro atoms. The Hall–Kier alpha value is -3.96. The molecule has 2 aromatic heterocycles. The van der Waals surface area contributed by atoms with Crippen LogP contribution < -0.4 is 0 Å². The average Bonchev–Trinajstić information content (AvgIpc) is 3.34. The first-order valence-corrected chi connectivity index (χ1v) is 8.51. The van der Waals surface area contributed by atoms with Gasteiger partial charge >= 0.3 is 0 Å². The molecule has 0 amide bonds. The molecule has 2 heterocycles. The van der Waals surface area contributed by atoms with Crippen LogP contribution in [0.5, 0.6) is 0 Å². The molecular weight excluding hydrogens is 364 g/mol. The van der Waals surface area contributed by atoms with E-state index in [1.165, 1.54) is 10.0 Å². The van der Waals surface area contributed by atoms with Crippen molar-refractivity contribution in [3.05, 3.63) is 58.3 Å². The Morgan fingerprint density at radius 2 is 1.14 bits per heavy atom. The van der Waals surface area contributed by atoms with Gasteiger partial charge < -0.3 is 0 Å². The van der Waals surface area contributed by atoms with E-state index in [0.717, 1.165) is 22.1 Å². The Labute approximate surface area is 158 Å². The molecule has 4 aromatic rings. The minimum absolute atomic E-state index is 0.114. The Morgan fingerprint density at radius 1 is 0.714 bits per heavy atom. The zero-order valence-corrected chi connectivity index (χ0v) is 14.7. The summed E-state index contributed by atoms with van der Waals surface area (Å²) in [6.45, 7) is 0.581. The number of rotatable bonds is 9. The summed E-state index contributed by atoms with van der Waals surface area (Å²) in [6, 6.07) is 14.8. The summed E-state index contributed by atoms with van der Waals surface area (Å²) in [6.07, 6.45) is 0. The minimum atomic E-state index is 0.114. The first-order chi connectivity index (χ1) is 13.8. The third-order valence-electron chi connectivity index (χ3n) is 4.28. The van der Waals surface area contributed by atoms with Gasteiger partial charge in [-0.1, -0.05) is 34.7 Å². The maximum atomic E-state index is 11.2. The lowest BCUT2D eigenvalue weighted by Gasteiger charge is -2.19. The number of nitrogens with zero attached hydrogens (tertiary/aromatic N) is 10. The lowest BCUT2D eigenvalue weighted by Crippen LogP contribution is -2.32. The summed E-state index contributed by atoms with van der Waals surface area (Å²) >= 11 is 0. The Kier molecular flexibility index (Phi) is 4.82. The van der Waals surface area contributed by atoms with E-state index in [4.69, 9.17) is 0 Å². The van der Waals surface area contributed by atoms with E-state index in [1.807, 2.05) is 48.5 Å². The fourth-order valence-corrected chi connectivity index (χ4v) is 2.86. The summed E-state index contributed by atoms with van der Waals surface area (Å²) in [5.74, 6) is 0. The van der Waals surface area contributed by atoms with Crippen LogP contribution in [0.4, 0.5) is 0 Å². The van der Waals surface area contributed by atoms with Crippen molar-refractivity contribution in [2.45, 2.75) is 13.3 Å². The summed E-state index contributed by atoms with van der Waals surface area (Å²) in [4.78, 5) is 22.4. The maximum absolute atomic E-state index is 11.2. The smallest absolute Gasteiger partial charge is 0.134 e. The topological polar surface area (TPSA) is 127 Å². The predicted molar refractivity (Wildman–Crippen MR) is 100 cm³/mol. The molecule has 0 saturated carbocycles. The zero-order valence-electron chi connectivity index (χ0n) is 14.7. The Balaban J connectivity index is 1.40. The molecule has 0 radical (unpaired) electrons. The van der Waals surface area contributed by atoms with Crippen LogP contribution in [0.3, 0.4) is 0 Å². The highest BCUT2D eigenvalue weighted by Gasteiger charge is 2.13. The van der Waals surface area contributed by atoms with Crippen LogP contribution in [0.2, 0.25) is 0 Å². The second-order valence-electron chi connectivity index (χ2n) is 6.06. The fourth-order valence-electron chi connectivity index (χ4n) is 2.86. The van der Waals surface area contributed by atoms with Gasteiger partial charge in [-0.15, -0.1) is 20.0 Å². The van der Waals surface area contributed by atoms with Crippen LogP contribution in [0.15, 0.2) is 59.1 Å². The minimum Gasteiger partial charge on any atom is -0.237 e. The summed E-state index contributed by atoms with van der Waals surface area (Å²) < 4.78 is 3.14. The molecule has 4 rings (SSSR count). The Morgan fingerprint density at radius 3 is 1.57 bits per heavy atom. The molecule has 0 unspecified atom stereocenters. The monoisotopic (exact) mass is 380 g/mol. The standard InChI is InChI=1S/C16H16N10O2/c27-21-23(11-25-15-7-3-1-5-13(15)17-19-25)9-10-24(22-28)12-26-16-8-4-2-6-14(16)18-20-26/h1-8H,9-12H2. The lowest BCUT2D eigenvalue weighted by atomic mass is 10.3. The molecular formula is C16H16N10O2. The molecule has 0 atom stereocenters. The first-order valence-electron chi connectivity index (χ1n) is 8.51. The van der Waals surface area contributed by atoms with Crippen LogP contribution in [-0.2, 0) is 13.3 Å². The van der Waals surface area contributed by atoms with Crippen LogP contribution in [0.1, 0.15) is 0 Å². The van der Waals surface area contributed by atoms with E-state index >= 15 is 0 Å². The highest BCUT2D eigenvalue weighted by Crippen LogP contribution is 2.12. The third-order valence-corrected chi connectivity index (χ3v) is 4.28. The van der Waals surface area contributed by atoms with Gasteiger partial charge in [0.25, 0.3) is 0 Å². The van der Waals surface area contributed by atoms with Crippen molar-refractivity contribution >= 4 is 22.1 Å². The molecule has 0 aliphatic rings. The van der Waals surface area contributed by atoms with E-state index in [1.54, 1.807) is 9.36 Å². The second-order valence-corrected chi connectivity index (χ2v) is 6.06. The van der Waals surface area contributed by atoms with Crippen LogP contribution >= 0.6 is 0 Å². The van der Waals surface area contributed by atoms with Gasteiger partial charge in [0.2, 0.25) is 0 Å². The molecule has 28 heavy (non-hydrogen) atoms. The number of hydrogen-bond donors (Lipinski definition) is 0. The van der Waals surface area contributed by atoms with E-state index in [0.29, 0.717) is 0 Å². The van der Waals surface area contributed by atoms with E-state index in [9.17, 15) is 9.81 Å². The lowest BCUT2D eigenvalue weighted by molar-refractivity contribution is 0.149. The zero-order chi connectivity index (χ0) is 19.3. The van der Waals surface area contributed by atoms with E-state index < -0.39 is 0 Å². The molecule has 142 valence electrons. The largest absolute Gasteiger partial charge is 0.237 e. The van der Waals surface area contributed by atoms with Crippen LogP contribution in [0, 0.1) is 9.81 Å². The second kappa shape index (κ2) is 7.73. The highest BCUT2D eigenvalue weighted by atomic mass is 16.3. The first kappa shape index (κ1) is 17.5. The molecule has 0 fully saturated rings. The molecule has 0 aliphatic heterocycles. The van der Waals surface area contributed by atoms with E-state index in [2.05, 4.69) is 31.2 Å². The fraction of sp³-hybridized carbons (Fsp3) is 0.250. The third kappa shape index (κ3) is 3.47. The van der Waals surface area contributed by atoms with Gasteiger partial charge in [0.15, 0.2) is 0 Å². The normalized spacial score (nSPS) is 11.0.